The van der Waals surface area contributed by atoms with Crippen molar-refractivity contribution in [3.05, 3.63) is 101 Å². The SMILES string of the molecule is CCc1ccc([C@H]2C(C(=O)Nc3ccccc3OC)=C(C)Nc3nc(SCc4cccc(OC)c4)nn32)cc1. The van der Waals surface area contributed by atoms with E-state index in [2.05, 4.69) is 41.8 Å². The third kappa shape index (κ3) is 5.63. The first-order chi connectivity index (χ1) is 19.0. The molecule has 0 fully saturated rings. The molecule has 9 heteroatoms. The van der Waals surface area contributed by atoms with Gasteiger partial charge in [-0.2, -0.15) is 4.98 Å². The fraction of sp³-hybridized carbons (Fsp3) is 0.233. The van der Waals surface area contributed by atoms with E-state index in [1.54, 1.807) is 18.9 Å². The Kier molecular flexibility index (Phi) is 7.88. The molecule has 0 saturated heterocycles. The zero-order chi connectivity index (χ0) is 27.4. The smallest absolute Gasteiger partial charge is 0.255 e. The Morgan fingerprint density at radius 1 is 1.03 bits per heavy atom. The molecule has 1 aliphatic rings. The van der Waals surface area contributed by atoms with E-state index in [-0.39, 0.29) is 5.91 Å². The summed E-state index contributed by atoms with van der Waals surface area (Å²) in [4.78, 5) is 18.6. The number of aromatic nitrogens is 3. The zero-order valence-electron chi connectivity index (χ0n) is 22.4. The number of nitrogens with zero attached hydrogens (tertiary/aromatic N) is 3. The summed E-state index contributed by atoms with van der Waals surface area (Å²) < 4.78 is 12.6. The van der Waals surface area contributed by atoms with E-state index in [1.807, 2.05) is 55.5 Å². The van der Waals surface area contributed by atoms with Crippen molar-refractivity contribution in [3.8, 4) is 11.5 Å². The van der Waals surface area contributed by atoms with Crippen LogP contribution in [0.25, 0.3) is 0 Å². The second-order valence-electron chi connectivity index (χ2n) is 9.12. The predicted molar refractivity (Wildman–Crippen MR) is 154 cm³/mol. The Morgan fingerprint density at radius 3 is 2.56 bits per heavy atom. The van der Waals surface area contributed by atoms with Crippen LogP contribution in [0.5, 0.6) is 11.5 Å². The molecule has 39 heavy (non-hydrogen) atoms. The van der Waals surface area contributed by atoms with Crippen LogP contribution in [0.1, 0.15) is 36.6 Å². The normalized spacial score (nSPS) is 14.4. The molecule has 8 nitrogen and oxygen atoms in total. The van der Waals surface area contributed by atoms with Crippen LogP contribution in [0.2, 0.25) is 0 Å². The number of hydrogen-bond donors (Lipinski definition) is 2. The van der Waals surface area contributed by atoms with Gasteiger partial charge in [-0.3, -0.25) is 4.79 Å². The van der Waals surface area contributed by atoms with Gasteiger partial charge in [0.05, 0.1) is 25.5 Å². The van der Waals surface area contributed by atoms with E-state index in [0.717, 1.165) is 29.0 Å². The standard InChI is InChI=1S/C30H31N5O3S/c1-5-20-13-15-22(16-14-20)27-26(28(36)32-24-11-6-7-12-25(24)38-4)19(2)31-29-33-30(34-35(27)29)39-18-21-9-8-10-23(17-21)37-3/h6-17,27H,5,18H2,1-4H3,(H,32,36)(H,31,33,34)/t27-/m0/s1. The lowest BCUT2D eigenvalue weighted by Crippen LogP contribution is -2.31. The molecule has 0 spiro atoms. The van der Waals surface area contributed by atoms with Gasteiger partial charge < -0.3 is 20.1 Å². The Hall–Kier alpha value is -4.24. The van der Waals surface area contributed by atoms with Crippen LogP contribution in [0.3, 0.4) is 0 Å². The largest absolute Gasteiger partial charge is 0.497 e. The number of allylic oxidation sites excluding steroid dienone is 1. The molecule has 200 valence electrons. The van der Waals surface area contributed by atoms with Crippen LogP contribution < -0.4 is 20.1 Å². The highest BCUT2D eigenvalue weighted by molar-refractivity contribution is 7.98. The Balaban J connectivity index is 1.48. The fourth-order valence-corrected chi connectivity index (χ4v) is 5.35. The van der Waals surface area contributed by atoms with Gasteiger partial charge in [0.2, 0.25) is 11.1 Å². The van der Waals surface area contributed by atoms with Crippen LogP contribution in [-0.4, -0.2) is 34.9 Å². The Bertz CT molecular complexity index is 1510. The number of carbonyl (C=O) groups excluding carboxylic acids is 1. The van der Waals surface area contributed by atoms with Crippen LogP contribution >= 0.6 is 11.8 Å². The molecule has 5 rings (SSSR count). The van der Waals surface area contributed by atoms with Crippen LogP contribution in [0.4, 0.5) is 11.6 Å². The second kappa shape index (κ2) is 11.7. The minimum absolute atomic E-state index is 0.235. The summed E-state index contributed by atoms with van der Waals surface area (Å²) in [7, 11) is 3.25. The average Bonchev–Trinajstić information content (AvgIpc) is 3.38. The zero-order valence-corrected chi connectivity index (χ0v) is 23.2. The van der Waals surface area contributed by atoms with Crippen LogP contribution in [0.15, 0.2) is 89.2 Å². The number of rotatable bonds is 9. The number of aryl methyl sites for hydroxylation is 1. The maximum absolute atomic E-state index is 13.8. The van der Waals surface area contributed by atoms with Crippen molar-refractivity contribution < 1.29 is 14.3 Å². The number of carbonyl (C=O) groups is 1. The summed E-state index contributed by atoms with van der Waals surface area (Å²) in [5.74, 6) is 2.45. The molecule has 0 saturated carbocycles. The number of thioether (sulfide) groups is 1. The molecule has 2 N–H and O–H groups in total. The van der Waals surface area contributed by atoms with Gasteiger partial charge in [-0.1, -0.05) is 67.2 Å². The highest BCUT2D eigenvalue weighted by atomic mass is 32.2. The van der Waals surface area contributed by atoms with Crippen molar-refractivity contribution in [2.75, 3.05) is 24.9 Å². The van der Waals surface area contributed by atoms with E-state index in [4.69, 9.17) is 19.6 Å². The van der Waals surface area contributed by atoms with Gasteiger partial charge in [-0.25, -0.2) is 4.68 Å². The third-order valence-corrected chi connectivity index (χ3v) is 7.55. The number of anilines is 2. The minimum atomic E-state index is -0.458. The molecule has 1 amide bonds. The average molecular weight is 542 g/mol. The molecular weight excluding hydrogens is 510 g/mol. The van der Waals surface area contributed by atoms with Gasteiger partial charge in [0.1, 0.15) is 17.5 Å². The molecule has 0 radical (unpaired) electrons. The van der Waals surface area contributed by atoms with Gasteiger partial charge in [0.25, 0.3) is 5.91 Å². The lowest BCUT2D eigenvalue weighted by molar-refractivity contribution is -0.113. The van der Waals surface area contributed by atoms with Gasteiger partial charge in [-0.05, 0) is 54.3 Å². The van der Waals surface area contributed by atoms with Crippen molar-refractivity contribution in [3.63, 3.8) is 0 Å². The highest BCUT2D eigenvalue weighted by Gasteiger charge is 2.34. The van der Waals surface area contributed by atoms with Gasteiger partial charge in [0.15, 0.2) is 0 Å². The number of nitrogens with one attached hydrogen (secondary N) is 2. The molecule has 0 unspecified atom stereocenters. The van der Waals surface area contributed by atoms with Crippen LogP contribution in [0, 0.1) is 0 Å². The lowest BCUT2D eigenvalue weighted by Gasteiger charge is -2.29. The first-order valence-corrected chi connectivity index (χ1v) is 13.7. The van der Waals surface area contributed by atoms with Crippen molar-refractivity contribution >= 4 is 29.3 Å². The van der Waals surface area contributed by atoms with E-state index in [9.17, 15) is 4.79 Å². The van der Waals surface area contributed by atoms with E-state index >= 15 is 0 Å². The second-order valence-corrected chi connectivity index (χ2v) is 10.1. The van der Waals surface area contributed by atoms with Crippen molar-refractivity contribution in [2.45, 2.75) is 37.2 Å². The van der Waals surface area contributed by atoms with Crippen molar-refractivity contribution in [2.24, 2.45) is 0 Å². The predicted octanol–water partition coefficient (Wildman–Crippen LogP) is 6.08. The first kappa shape index (κ1) is 26.4. The molecule has 0 aliphatic carbocycles. The Labute approximate surface area is 232 Å². The Morgan fingerprint density at radius 2 is 1.82 bits per heavy atom. The molecule has 1 atom stereocenters. The number of amides is 1. The van der Waals surface area contributed by atoms with Gasteiger partial charge >= 0.3 is 0 Å². The monoisotopic (exact) mass is 541 g/mol. The summed E-state index contributed by atoms with van der Waals surface area (Å²) in [6.45, 7) is 4.02. The van der Waals surface area contributed by atoms with E-state index in [0.29, 0.717) is 33.9 Å². The number of methoxy groups -OCH3 is 2. The molecule has 2 heterocycles. The minimum Gasteiger partial charge on any atom is -0.497 e. The highest BCUT2D eigenvalue weighted by Crippen LogP contribution is 2.38. The summed E-state index contributed by atoms with van der Waals surface area (Å²) in [5, 5.41) is 11.8. The van der Waals surface area contributed by atoms with E-state index in [1.165, 1.54) is 17.3 Å². The molecule has 0 bridgehead atoms. The maximum atomic E-state index is 13.8. The molecule has 4 aromatic rings. The molecule has 1 aromatic heterocycles. The third-order valence-electron chi connectivity index (χ3n) is 6.64. The summed E-state index contributed by atoms with van der Waals surface area (Å²) in [5.41, 5.74) is 5.17. The molecule has 1 aliphatic heterocycles. The fourth-order valence-electron chi connectivity index (χ4n) is 4.58. The lowest BCUT2D eigenvalue weighted by atomic mass is 9.94. The van der Waals surface area contributed by atoms with Crippen molar-refractivity contribution in [1.29, 1.82) is 0 Å². The first-order valence-electron chi connectivity index (χ1n) is 12.7. The summed E-state index contributed by atoms with van der Waals surface area (Å²) in [6.07, 6.45) is 0.933. The maximum Gasteiger partial charge on any atom is 0.255 e. The van der Waals surface area contributed by atoms with Crippen molar-refractivity contribution in [1.82, 2.24) is 14.8 Å². The molecular formula is C30H31N5O3S. The number of fused-ring (bicyclic) bond motifs is 1. The topological polar surface area (TPSA) is 90.3 Å². The molecule has 3 aromatic carbocycles. The number of para-hydroxylation sites is 2. The van der Waals surface area contributed by atoms with Gasteiger partial charge in [0, 0.05) is 11.4 Å². The summed E-state index contributed by atoms with van der Waals surface area (Å²) in [6, 6.07) is 23.2. The number of ether oxygens (including phenoxy) is 2. The van der Waals surface area contributed by atoms with E-state index < -0.39 is 6.04 Å². The number of hydrogen-bond acceptors (Lipinski definition) is 7. The number of benzene rings is 3. The summed E-state index contributed by atoms with van der Waals surface area (Å²) >= 11 is 1.53. The van der Waals surface area contributed by atoms with Gasteiger partial charge in [-0.15, -0.1) is 5.10 Å². The van der Waals surface area contributed by atoms with Crippen LogP contribution in [-0.2, 0) is 17.0 Å². The quantitative estimate of drug-likeness (QED) is 0.248.